The van der Waals surface area contributed by atoms with Crippen LogP contribution in [0.2, 0.25) is 0 Å². The van der Waals surface area contributed by atoms with Crippen molar-refractivity contribution in [3.05, 3.63) is 42.5 Å². The van der Waals surface area contributed by atoms with E-state index in [9.17, 15) is 5.11 Å². The molecule has 1 aromatic heterocycles. The molecule has 2 aliphatic rings. The molecule has 134 valence electrons. The molecule has 1 aromatic carbocycles. The summed E-state index contributed by atoms with van der Waals surface area (Å²) in [5.41, 5.74) is 0. The van der Waals surface area contributed by atoms with Crippen molar-refractivity contribution in [2.75, 3.05) is 26.2 Å². The van der Waals surface area contributed by atoms with Gasteiger partial charge in [-0.1, -0.05) is 12.1 Å². The zero-order valence-electron chi connectivity index (χ0n) is 14.5. The summed E-state index contributed by atoms with van der Waals surface area (Å²) >= 11 is 0. The molecule has 4 rings (SSSR count). The Morgan fingerprint density at radius 2 is 2.00 bits per heavy atom. The van der Waals surface area contributed by atoms with Crippen LogP contribution in [0, 0.1) is 5.92 Å². The molecule has 0 aliphatic carbocycles. The van der Waals surface area contributed by atoms with Crippen LogP contribution in [0.5, 0.6) is 11.5 Å². The normalized spacial score (nSPS) is 22.7. The van der Waals surface area contributed by atoms with E-state index >= 15 is 0 Å². The number of piperidine rings is 1. The summed E-state index contributed by atoms with van der Waals surface area (Å²) in [7, 11) is 1.93. The van der Waals surface area contributed by atoms with Crippen molar-refractivity contribution in [1.29, 1.82) is 0 Å². The SMILES string of the molecule is Cn1ccnc1C(O)C1CCN(CC2COc3ccccc3O2)CC1. The molecule has 6 heteroatoms. The molecule has 1 N–H and O–H groups in total. The third-order valence-corrected chi connectivity index (χ3v) is 5.23. The van der Waals surface area contributed by atoms with Gasteiger partial charge in [-0.3, -0.25) is 4.90 Å². The number of rotatable bonds is 4. The Morgan fingerprint density at radius 1 is 1.24 bits per heavy atom. The second-order valence-electron chi connectivity index (χ2n) is 6.98. The molecule has 0 saturated carbocycles. The van der Waals surface area contributed by atoms with E-state index in [1.807, 2.05) is 42.1 Å². The minimum absolute atomic E-state index is 0.0610. The molecule has 0 amide bonds. The van der Waals surface area contributed by atoms with Gasteiger partial charge in [0.1, 0.15) is 24.6 Å². The zero-order valence-corrected chi connectivity index (χ0v) is 14.5. The highest BCUT2D eigenvalue weighted by Crippen LogP contribution is 2.32. The first-order valence-electron chi connectivity index (χ1n) is 8.97. The average Bonchev–Trinajstić information content (AvgIpc) is 3.08. The standard InChI is InChI=1S/C19H25N3O3/c1-21-11-8-20-19(21)18(23)14-6-9-22(10-7-14)12-15-13-24-16-4-2-3-5-17(16)25-15/h2-5,8,11,14-15,18,23H,6-7,9-10,12-13H2,1H3. The summed E-state index contributed by atoms with van der Waals surface area (Å²) in [4.78, 5) is 6.69. The van der Waals surface area contributed by atoms with Gasteiger partial charge in [0.2, 0.25) is 0 Å². The van der Waals surface area contributed by atoms with E-state index in [4.69, 9.17) is 9.47 Å². The molecule has 2 unspecified atom stereocenters. The second-order valence-corrected chi connectivity index (χ2v) is 6.98. The molecule has 6 nitrogen and oxygen atoms in total. The number of hydrogen-bond acceptors (Lipinski definition) is 5. The fraction of sp³-hybridized carbons (Fsp3) is 0.526. The minimum Gasteiger partial charge on any atom is -0.486 e. The number of imidazole rings is 1. The number of aliphatic hydroxyl groups is 1. The van der Waals surface area contributed by atoms with E-state index < -0.39 is 6.10 Å². The van der Waals surface area contributed by atoms with Gasteiger partial charge in [0.25, 0.3) is 0 Å². The van der Waals surface area contributed by atoms with Crippen molar-refractivity contribution in [3.63, 3.8) is 0 Å². The van der Waals surface area contributed by atoms with Crippen LogP contribution in [0.15, 0.2) is 36.7 Å². The molecule has 1 saturated heterocycles. The lowest BCUT2D eigenvalue weighted by Gasteiger charge is -2.36. The second kappa shape index (κ2) is 7.06. The number of likely N-dealkylation sites (tertiary alicyclic amines) is 1. The zero-order chi connectivity index (χ0) is 17.2. The average molecular weight is 343 g/mol. The number of benzene rings is 1. The highest BCUT2D eigenvalue weighted by Gasteiger charge is 2.30. The van der Waals surface area contributed by atoms with Crippen LogP contribution in [0.25, 0.3) is 0 Å². The van der Waals surface area contributed by atoms with Crippen molar-refractivity contribution in [3.8, 4) is 11.5 Å². The lowest BCUT2D eigenvalue weighted by atomic mass is 9.90. The number of aliphatic hydroxyl groups excluding tert-OH is 1. The number of para-hydroxylation sites is 2. The Kier molecular flexibility index (Phi) is 4.63. The van der Waals surface area contributed by atoms with Gasteiger partial charge in [0, 0.05) is 26.0 Å². The van der Waals surface area contributed by atoms with Gasteiger partial charge in [0.05, 0.1) is 0 Å². The summed E-state index contributed by atoms with van der Waals surface area (Å²) in [6.45, 7) is 3.38. The van der Waals surface area contributed by atoms with Crippen molar-refractivity contribution in [2.24, 2.45) is 13.0 Å². The predicted octanol–water partition coefficient (Wildman–Crippen LogP) is 2.01. The summed E-state index contributed by atoms with van der Waals surface area (Å²) in [6, 6.07) is 7.82. The third-order valence-electron chi connectivity index (χ3n) is 5.23. The Balaban J connectivity index is 1.29. The summed E-state index contributed by atoms with van der Waals surface area (Å²) < 4.78 is 13.8. The first-order valence-corrected chi connectivity index (χ1v) is 8.97. The molecule has 0 bridgehead atoms. The van der Waals surface area contributed by atoms with Crippen LogP contribution in [-0.4, -0.2) is 51.9 Å². The molecule has 0 radical (unpaired) electrons. The Labute approximate surface area is 148 Å². The number of aryl methyl sites for hydroxylation is 1. The molecule has 2 aliphatic heterocycles. The van der Waals surface area contributed by atoms with E-state index in [0.29, 0.717) is 6.61 Å². The van der Waals surface area contributed by atoms with Gasteiger partial charge >= 0.3 is 0 Å². The molecule has 2 aromatic rings. The van der Waals surface area contributed by atoms with Gasteiger partial charge in [-0.15, -0.1) is 0 Å². The number of aromatic nitrogens is 2. The monoisotopic (exact) mass is 343 g/mol. The van der Waals surface area contributed by atoms with Crippen LogP contribution in [-0.2, 0) is 7.05 Å². The Bertz CT molecular complexity index is 709. The summed E-state index contributed by atoms with van der Waals surface area (Å²) in [6.07, 6.45) is 5.14. The highest BCUT2D eigenvalue weighted by molar-refractivity contribution is 5.40. The Hall–Kier alpha value is -2.05. The van der Waals surface area contributed by atoms with Gasteiger partial charge in [-0.05, 0) is 44.0 Å². The smallest absolute Gasteiger partial charge is 0.161 e. The van der Waals surface area contributed by atoms with Crippen LogP contribution >= 0.6 is 0 Å². The van der Waals surface area contributed by atoms with Crippen LogP contribution in [0.3, 0.4) is 0 Å². The van der Waals surface area contributed by atoms with Crippen molar-refractivity contribution < 1.29 is 14.6 Å². The summed E-state index contributed by atoms with van der Waals surface area (Å²) in [5, 5.41) is 10.6. The fourth-order valence-electron chi connectivity index (χ4n) is 3.77. The predicted molar refractivity (Wildman–Crippen MR) is 93.7 cm³/mol. The summed E-state index contributed by atoms with van der Waals surface area (Å²) in [5.74, 6) is 2.69. The van der Waals surface area contributed by atoms with Gasteiger partial charge in [-0.25, -0.2) is 4.98 Å². The highest BCUT2D eigenvalue weighted by atomic mass is 16.6. The van der Waals surface area contributed by atoms with Crippen LogP contribution in [0.4, 0.5) is 0 Å². The maximum atomic E-state index is 10.6. The van der Waals surface area contributed by atoms with E-state index in [1.165, 1.54) is 0 Å². The maximum absolute atomic E-state index is 10.6. The molecule has 0 spiro atoms. The number of fused-ring (bicyclic) bond motifs is 1. The van der Waals surface area contributed by atoms with E-state index in [0.717, 1.165) is 49.8 Å². The molecule has 25 heavy (non-hydrogen) atoms. The van der Waals surface area contributed by atoms with Gasteiger partial charge in [0.15, 0.2) is 11.5 Å². The van der Waals surface area contributed by atoms with E-state index in [1.54, 1.807) is 6.20 Å². The van der Waals surface area contributed by atoms with E-state index in [-0.39, 0.29) is 12.0 Å². The third kappa shape index (κ3) is 3.50. The maximum Gasteiger partial charge on any atom is 0.161 e. The lowest BCUT2D eigenvalue weighted by Crippen LogP contribution is -2.44. The van der Waals surface area contributed by atoms with Crippen molar-refractivity contribution >= 4 is 0 Å². The molecule has 3 heterocycles. The van der Waals surface area contributed by atoms with Crippen molar-refractivity contribution in [2.45, 2.75) is 25.0 Å². The van der Waals surface area contributed by atoms with Gasteiger partial charge < -0.3 is 19.1 Å². The number of nitrogens with zero attached hydrogens (tertiary/aromatic N) is 3. The quantitative estimate of drug-likeness (QED) is 0.920. The number of ether oxygens (including phenoxy) is 2. The van der Waals surface area contributed by atoms with Crippen molar-refractivity contribution in [1.82, 2.24) is 14.5 Å². The van der Waals surface area contributed by atoms with Crippen LogP contribution in [0.1, 0.15) is 24.8 Å². The molecular formula is C19H25N3O3. The lowest BCUT2D eigenvalue weighted by molar-refractivity contribution is 0.0218. The molecule has 1 fully saturated rings. The molecule has 2 atom stereocenters. The fourth-order valence-corrected chi connectivity index (χ4v) is 3.77. The Morgan fingerprint density at radius 3 is 2.72 bits per heavy atom. The van der Waals surface area contributed by atoms with Gasteiger partial charge in [-0.2, -0.15) is 0 Å². The number of hydrogen-bond donors (Lipinski definition) is 1. The first-order chi connectivity index (χ1) is 12.2. The minimum atomic E-state index is -0.483. The van der Waals surface area contributed by atoms with E-state index in [2.05, 4.69) is 9.88 Å². The topological polar surface area (TPSA) is 59.8 Å². The largest absolute Gasteiger partial charge is 0.486 e. The van der Waals surface area contributed by atoms with Crippen LogP contribution < -0.4 is 9.47 Å². The first kappa shape index (κ1) is 16.4. The molecular weight excluding hydrogens is 318 g/mol.